The lowest BCUT2D eigenvalue weighted by molar-refractivity contribution is -0.374. The van der Waals surface area contributed by atoms with E-state index in [0.717, 1.165) is 6.92 Å². The van der Waals surface area contributed by atoms with E-state index in [4.69, 9.17) is 5.11 Å². The number of aliphatic hydroxyl groups is 1. The second-order valence-corrected chi connectivity index (χ2v) is 4.47. The Balaban J connectivity index is 5.35. The van der Waals surface area contributed by atoms with Crippen LogP contribution >= 0.6 is 0 Å². The van der Waals surface area contributed by atoms with Crippen molar-refractivity contribution < 1.29 is 54.2 Å². The predicted octanol–water partition coefficient (Wildman–Crippen LogP) is 3.67. The summed E-state index contributed by atoms with van der Waals surface area (Å²) in [6.45, 7) is 3.26. The van der Waals surface area contributed by atoms with Gasteiger partial charge in [-0.05, 0) is 6.42 Å². The Hall–Kier alpha value is -1.46. The summed E-state index contributed by atoms with van der Waals surface area (Å²) in [4.78, 5) is 11.1. The Labute approximate surface area is 123 Å². The smallest absolute Gasteiger partial charge is 0.426 e. The molecule has 0 bridgehead atoms. The summed E-state index contributed by atoms with van der Waals surface area (Å²) in [6, 6.07) is 0. The minimum absolute atomic E-state index is 0.703. The number of hydrogen-bond donors (Lipinski definition) is 1. The first kappa shape index (κ1) is 21.5. The van der Waals surface area contributed by atoms with Crippen LogP contribution in [0.15, 0.2) is 12.2 Å². The van der Waals surface area contributed by atoms with Crippen molar-refractivity contribution in [3.05, 3.63) is 12.2 Å². The van der Waals surface area contributed by atoms with Crippen LogP contribution in [-0.4, -0.2) is 41.3 Å². The van der Waals surface area contributed by atoms with E-state index in [-0.39, 0.29) is 0 Å². The Morgan fingerprint density at radius 3 is 1.70 bits per heavy atom. The minimum Gasteiger partial charge on any atom is -0.459 e. The lowest BCUT2D eigenvalue weighted by Crippen LogP contribution is -2.58. The highest BCUT2D eigenvalue weighted by Gasteiger charge is 2.70. The summed E-state index contributed by atoms with van der Waals surface area (Å²) in [5.41, 5.74) is -7.33. The number of rotatable bonds is 5. The van der Waals surface area contributed by atoms with Gasteiger partial charge in [-0.15, -0.1) is 0 Å². The van der Waals surface area contributed by atoms with Gasteiger partial charge >= 0.3 is 24.5 Å². The van der Waals surface area contributed by atoms with Gasteiger partial charge in [0.05, 0.1) is 0 Å². The average molecular weight is 362 g/mol. The van der Waals surface area contributed by atoms with Crippen LogP contribution in [-0.2, 0) is 9.53 Å². The van der Waals surface area contributed by atoms with Crippen molar-refractivity contribution in [1.29, 1.82) is 0 Å². The second kappa shape index (κ2) is 6.57. The third-order valence-corrected chi connectivity index (χ3v) is 2.78. The van der Waals surface area contributed by atoms with Gasteiger partial charge in [0.2, 0.25) is 0 Å². The van der Waals surface area contributed by atoms with Gasteiger partial charge in [0.1, 0.15) is 11.7 Å². The van der Waals surface area contributed by atoms with Crippen LogP contribution in [0.4, 0.5) is 39.5 Å². The molecule has 23 heavy (non-hydrogen) atoms. The molecule has 136 valence electrons. The van der Waals surface area contributed by atoms with E-state index < -0.39 is 54.6 Å². The van der Waals surface area contributed by atoms with Crippen LogP contribution in [0.25, 0.3) is 0 Å². The van der Waals surface area contributed by atoms with Gasteiger partial charge in [0.15, 0.2) is 0 Å². The van der Waals surface area contributed by atoms with Crippen LogP contribution < -0.4 is 0 Å². The van der Waals surface area contributed by atoms with Crippen LogP contribution in [0.3, 0.4) is 0 Å². The molecule has 0 aromatic carbocycles. The third kappa shape index (κ3) is 5.01. The van der Waals surface area contributed by atoms with Gasteiger partial charge in [-0.25, -0.2) is 4.79 Å². The zero-order valence-corrected chi connectivity index (χ0v) is 11.4. The van der Waals surface area contributed by atoms with Crippen molar-refractivity contribution in [2.75, 3.05) is 0 Å². The Kier molecular flexibility index (Phi) is 6.16. The zero-order valence-electron chi connectivity index (χ0n) is 11.4. The number of carbonyl (C=O) groups is 1. The normalized spacial score (nSPS) is 15.3. The summed E-state index contributed by atoms with van der Waals surface area (Å²) >= 11 is 0. The summed E-state index contributed by atoms with van der Waals surface area (Å²) in [5, 5.41) is 8.91. The number of carbonyl (C=O) groups excluding carboxylic acids is 1. The molecular formula is C11H11F9O3. The maximum Gasteiger partial charge on any atom is 0.426 e. The van der Waals surface area contributed by atoms with Crippen molar-refractivity contribution >= 4 is 5.97 Å². The molecule has 0 spiro atoms. The molecular weight excluding hydrogens is 351 g/mol. The molecule has 1 N–H and O–H groups in total. The van der Waals surface area contributed by atoms with Crippen LogP contribution in [0.1, 0.15) is 19.8 Å². The predicted molar refractivity (Wildman–Crippen MR) is 57.0 cm³/mol. The summed E-state index contributed by atoms with van der Waals surface area (Å²) in [6.07, 6.45) is -22.8. The van der Waals surface area contributed by atoms with Crippen LogP contribution in [0.5, 0.6) is 0 Å². The van der Waals surface area contributed by atoms with Gasteiger partial charge in [-0.3, -0.25) is 0 Å². The van der Waals surface area contributed by atoms with Crippen molar-refractivity contribution in [1.82, 2.24) is 0 Å². The second-order valence-electron chi connectivity index (χ2n) is 4.47. The molecule has 0 fully saturated rings. The molecule has 0 amide bonds. The maximum atomic E-state index is 12.5. The summed E-state index contributed by atoms with van der Waals surface area (Å²) < 4.78 is 115. The van der Waals surface area contributed by atoms with Crippen molar-refractivity contribution in [2.24, 2.45) is 0 Å². The lowest BCUT2D eigenvalue weighted by atomic mass is 9.93. The van der Waals surface area contributed by atoms with Crippen molar-refractivity contribution in [2.45, 2.75) is 50.0 Å². The molecule has 3 nitrogen and oxygen atoms in total. The monoisotopic (exact) mass is 362 g/mol. The quantitative estimate of drug-likeness (QED) is 0.461. The SMILES string of the molecule is C=C(C(=O)OC(CC)CC(O)(C(F)(F)F)C(F)(F)F)C(F)(F)F. The van der Waals surface area contributed by atoms with Crippen molar-refractivity contribution in [3.63, 3.8) is 0 Å². The molecule has 1 atom stereocenters. The van der Waals surface area contributed by atoms with E-state index >= 15 is 0 Å². The summed E-state index contributed by atoms with van der Waals surface area (Å²) in [7, 11) is 0. The molecule has 0 saturated carbocycles. The minimum atomic E-state index is -6.17. The molecule has 0 heterocycles. The molecule has 0 aliphatic heterocycles. The Morgan fingerprint density at radius 2 is 1.43 bits per heavy atom. The van der Waals surface area contributed by atoms with E-state index in [1.807, 2.05) is 0 Å². The number of halogens is 9. The first-order valence-electron chi connectivity index (χ1n) is 5.80. The number of esters is 1. The molecule has 0 aromatic heterocycles. The van der Waals surface area contributed by atoms with E-state index in [1.165, 1.54) is 0 Å². The number of ether oxygens (including phenoxy) is 1. The highest BCUT2D eigenvalue weighted by atomic mass is 19.4. The number of alkyl halides is 9. The third-order valence-electron chi connectivity index (χ3n) is 2.78. The highest BCUT2D eigenvalue weighted by Crippen LogP contribution is 2.46. The molecule has 0 rings (SSSR count). The zero-order chi connectivity index (χ0) is 18.9. The van der Waals surface area contributed by atoms with Gasteiger partial charge in [-0.2, -0.15) is 39.5 Å². The molecule has 0 radical (unpaired) electrons. The molecule has 0 aliphatic carbocycles. The Bertz CT molecular complexity index is 433. The standard InChI is InChI=1S/C11H11F9O3/c1-3-6(23-7(21)5(2)9(12,13)14)4-8(22,10(15,16)17)11(18,19)20/h6,22H,2-4H2,1H3. The van der Waals surface area contributed by atoms with E-state index in [2.05, 4.69) is 11.3 Å². The van der Waals surface area contributed by atoms with Crippen LogP contribution in [0.2, 0.25) is 0 Å². The molecule has 12 heteroatoms. The van der Waals surface area contributed by atoms with E-state index in [0.29, 0.717) is 0 Å². The first-order chi connectivity index (χ1) is 9.97. The lowest BCUT2D eigenvalue weighted by Gasteiger charge is -2.34. The molecule has 1 unspecified atom stereocenters. The fourth-order valence-electron chi connectivity index (χ4n) is 1.33. The van der Waals surface area contributed by atoms with Crippen LogP contribution in [0, 0.1) is 0 Å². The molecule has 0 aromatic rings. The topological polar surface area (TPSA) is 46.5 Å². The summed E-state index contributed by atoms with van der Waals surface area (Å²) in [5.74, 6) is -2.23. The van der Waals surface area contributed by atoms with Crippen molar-refractivity contribution in [3.8, 4) is 0 Å². The number of hydrogen-bond acceptors (Lipinski definition) is 3. The van der Waals surface area contributed by atoms with Gasteiger partial charge in [0.25, 0.3) is 5.60 Å². The maximum absolute atomic E-state index is 12.5. The fraction of sp³-hybridized carbons (Fsp3) is 0.727. The van der Waals surface area contributed by atoms with Gasteiger partial charge < -0.3 is 9.84 Å². The molecule has 0 aliphatic rings. The van der Waals surface area contributed by atoms with Gasteiger partial charge in [0, 0.05) is 6.42 Å². The average Bonchev–Trinajstić information content (AvgIpc) is 2.32. The van der Waals surface area contributed by atoms with E-state index in [9.17, 15) is 44.3 Å². The Morgan fingerprint density at radius 1 is 1.04 bits per heavy atom. The van der Waals surface area contributed by atoms with E-state index in [1.54, 1.807) is 0 Å². The first-order valence-corrected chi connectivity index (χ1v) is 5.80. The largest absolute Gasteiger partial charge is 0.459 e. The van der Waals surface area contributed by atoms with Gasteiger partial charge in [-0.1, -0.05) is 13.5 Å². The highest BCUT2D eigenvalue weighted by molar-refractivity contribution is 5.89. The molecule has 0 saturated heterocycles. The fourth-order valence-corrected chi connectivity index (χ4v) is 1.33.